The second kappa shape index (κ2) is 6.80. The summed E-state index contributed by atoms with van der Waals surface area (Å²) in [5.74, 6) is 1.00. The van der Waals surface area contributed by atoms with E-state index in [1.54, 1.807) is 0 Å². The van der Waals surface area contributed by atoms with Gasteiger partial charge in [-0.3, -0.25) is 0 Å². The quantitative estimate of drug-likeness (QED) is 0.620. The molecule has 2 heterocycles. The smallest absolute Gasteiger partial charge is 0.164 e. The Balaban J connectivity index is 1.52. The Morgan fingerprint density at radius 2 is 2.29 bits per heavy atom. The number of nitrogens with one attached hydrogen (secondary N) is 1. The molecule has 0 amide bonds. The van der Waals surface area contributed by atoms with Crippen molar-refractivity contribution >= 4 is 22.6 Å². The number of halogens is 1. The third kappa shape index (κ3) is 4.51. The molecule has 0 aliphatic carbocycles. The Labute approximate surface area is 115 Å². The predicted molar refractivity (Wildman–Crippen MR) is 74.6 cm³/mol. The number of aromatic nitrogens is 2. The summed E-state index contributed by atoms with van der Waals surface area (Å²) in [5.41, 5.74) is 0. The van der Waals surface area contributed by atoms with E-state index in [9.17, 15) is 0 Å². The molecule has 0 bridgehead atoms. The van der Waals surface area contributed by atoms with E-state index in [1.807, 2.05) is 30.9 Å². The van der Waals surface area contributed by atoms with Gasteiger partial charge in [0.1, 0.15) is 5.76 Å². The molecule has 1 N–H and O–H groups in total. The minimum atomic E-state index is 0.814. The lowest BCUT2D eigenvalue weighted by Crippen LogP contribution is -2.14. The number of furan rings is 1. The number of unbranched alkanes of at least 4 members (excludes halogenated alkanes) is 1. The first-order chi connectivity index (χ1) is 8.34. The van der Waals surface area contributed by atoms with Crippen molar-refractivity contribution in [2.24, 2.45) is 0 Å². The van der Waals surface area contributed by atoms with Crippen LogP contribution in [0.1, 0.15) is 18.6 Å². The monoisotopic (exact) mass is 345 g/mol. The van der Waals surface area contributed by atoms with Gasteiger partial charge in [0.15, 0.2) is 3.77 Å². The van der Waals surface area contributed by atoms with Gasteiger partial charge in [-0.2, -0.15) is 0 Å². The second-order valence-electron chi connectivity index (χ2n) is 3.89. The van der Waals surface area contributed by atoms with Crippen LogP contribution in [0.25, 0.3) is 0 Å². The van der Waals surface area contributed by atoms with Crippen LogP contribution in [0.3, 0.4) is 0 Å². The van der Waals surface area contributed by atoms with Crippen LogP contribution < -0.4 is 5.32 Å². The molecule has 0 spiro atoms. The van der Waals surface area contributed by atoms with Crippen molar-refractivity contribution in [1.82, 2.24) is 14.9 Å². The van der Waals surface area contributed by atoms with E-state index >= 15 is 0 Å². The predicted octanol–water partition coefficient (Wildman–Crippen LogP) is 2.65. The maximum atomic E-state index is 5.46. The van der Waals surface area contributed by atoms with Gasteiger partial charge in [-0.05, 0) is 54.1 Å². The molecular formula is C12H16IN3O. The standard InChI is InChI=1S/C12H16IN3O/c13-12-4-3-11(17-12)9-14-5-1-2-7-16-8-6-15-10-16/h3-4,6,8,10,14H,1-2,5,7,9H2. The minimum Gasteiger partial charge on any atom is -0.454 e. The summed E-state index contributed by atoms with van der Waals surface area (Å²) >= 11 is 2.18. The van der Waals surface area contributed by atoms with Crippen molar-refractivity contribution in [2.75, 3.05) is 6.54 Å². The highest BCUT2D eigenvalue weighted by atomic mass is 127. The van der Waals surface area contributed by atoms with Crippen molar-refractivity contribution in [3.8, 4) is 0 Å². The maximum Gasteiger partial charge on any atom is 0.164 e. The Hall–Kier alpha value is -0.820. The molecule has 0 aliphatic heterocycles. The van der Waals surface area contributed by atoms with Crippen LogP contribution in [0.4, 0.5) is 0 Å². The molecule has 0 fully saturated rings. The average molecular weight is 345 g/mol. The van der Waals surface area contributed by atoms with Gasteiger partial charge in [0.05, 0.1) is 12.9 Å². The van der Waals surface area contributed by atoms with Crippen molar-refractivity contribution in [1.29, 1.82) is 0 Å². The Kier molecular flexibility index (Phi) is 5.06. The van der Waals surface area contributed by atoms with E-state index in [0.29, 0.717) is 0 Å². The highest BCUT2D eigenvalue weighted by Crippen LogP contribution is 2.09. The molecule has 2 rings (SSSR count). The Morgan fingerprint density at radius 1 is 1.35 bits per heavy atom. The van der Waals surface area contributed by atoms with Gasteiger partial charge >= 0.3 is 0 Å². The molecule has 4 nitrogen and oxygen atoms in total. The fraction of sp³-hybridized carbons (Fsp3) is 0.417. The summed E-state index contributed by atoms with van der Waals surface area (Å²) in [6.45, 7) is 2.88. The molecule has 17 heavy (non-hydrogen) atoms. The van der Waals surface area contributed by atoms with Crippen LogP contribution in [-0.2, 0) is 13.1 Å². The van der Waals surface area contributed by atoms with Gasteiger partial charge in [0.25, 0.3) is 0 Å². The van der Waals surface area contributed by atoms with Gasteiger partial charge in [-0.1, -0.05) is 0 Å². The molecule has 0 radical (unpaired) electrons. The molecule has 92 valence electrons. The van der Waals surface area contributed by atoms with Crippen molar-refractivity contribution in [2.45, 2.75) is 25.9 Å². The highest BCUT2D eigenvalue weighted by Gasteiger charge is 1.98. The number of imidazole rings is 1. The Bertz CT molecular complexity index is 425. The summed E-state index contributed by atoms with van der Waals surface area (Å²) in [6.07, 6.45) is 8.00. The molecule has 0 unspecified atom stereocenters. The molecule has 2 aromatic rings. The summed E-state index contributed by atoms with van der Waals surface area (Å²) in [6, 6.07) is 4.00. The van der Waals surface area contributed by atoms with Crippen LogP contribution in [0, 0.1) is 3.77 Å². The Morgan fingerprint density at radius 3 is 3.00 bits per heavy atom. The molecular weight excluding hydrogens is 329 g/mol. The second-order valence-corrected chi connectivity index (χ2v) is 4.95. The normalized spacial score (nSPS) is 10.9. The minimum absolute atomic E-state index is 0.814. The van der Waals surface area contributed by atoms with Gasteiger partial charge < -0.3 is 14.3 Å². The fourth-order valence-electron chi connectivity index (χ4n) is 1.62. The lowest BCUT2D eigenvalue weighted by atomic mass is 10.3. The summed E-state index contributed by atoms with van der Waals surface area (Å²) in [7, 11) is 0. The zero-order valence-corrected chi connectivity index (χ0v) is 11.8. The number of hydrogen-bond donors (Lipinski definition) is 1. The maximum absolute atomic E-state index is 5.46. The molecule has 0 aliphatic rings. The first-order valence-electron chi connectivity index (χ1n) is 5.75. The number of nitrogens with zero attached hydrogens (tertiary/aromatic N) is 2. The highest BCUT2D eigenvalue weighted by molar-refractivity contribution is 14.1. The van der Waals surface area contributed by atoms with Crippen LogP contribution in [0.2, 0.25) is 0 Å². The topological polar surface area (TPSA) is 43.0 Å². The van der Waals surface area contributed by atoms with E-state index in [4.69, 9.17) is 4.42 Å². The summed E-state index contributed by atoms with van der Waals surface area (Å²) < 4.78 is 8.51. The first-order valence-corrected chi connectivity index (χ1v) is 6.83. The van der Waals surface area contributed by atoms with Crippen LogP contribution >= 0.6 is 22.6 Å². The molecule has 2 aromatic heterocycles. The zero-order valence-electron chi connectivity index (χ0n) is 9.60. The van der Waals surface area contributed by atoms with E-state index < -0.39 is 0 Å². The van der Waals surface area contributed by atoms with Crippen LogP contribution in [0.5, 0.6) is 0 Å². The number of aryl methyl sites for hydroxylation is 1. The van der Waals surface area contributed by atoms with Crippen molar-refractivity contribution in [3.63, 3.8) is 0 Å². The lowest BCUT2D eigenvalue weighted by Gasteiger charge is -2.03. The van der Waals surface area contributed by atoms with Crippen molar-refractivity contribution in [3.05, 3.63) is 40.4 Å². The SMILES string of the molecule is Ic1ccc(CNCCCCn2ccnc2)o1. The third-order valence-electron chi connectivity index (χ3n) is 2.51. The molecule has 5 heteroatoms. The molecule has 0 atom stereocenters. The van der Waals surface area contributed by atoms with E-state index in [1.165, 1.54) is 6.42 Å². The van der Waals surface area contributed by atoms with Gasteiger partial charge in [-0.15, -0.1) is 0 Å². The van der Waals surface area contributed by atoms with Gasteiger partial charge in [0.2, 0.25) is 0 Å². The van der Waals surface area contributed by atoms with Gasteiger partial charge in [-0.25, -0.2) is 4.98 Å². The van der Waals surface area contributed by atoms with E-state index in [-0.39, 0.29) is 0 Å². The summed E-state index contributed by atoms with van der Waals surface area (Å²) in [5, 5.41) is 3.37. The number of hydrogen-bond acceptors (Lipinski definition) is 3. The number of rotatable bonds is 7. The third-order valence-corrected chi connectivity index (χ3v) is 3.09. The fourth-order valence-corrected chi connectivity index (χ4v) is 2.08. The average Bonchev–Trinajstić information content (AvgIpc) is 2.95. The van der Waals surface area contributed by atoms with Gasteiger partial charge in [0, 0.05) is 18.9 Å². The molecule has 0 saturated heterocycles. The zero-order chi connectivity index (χ0) is 11.9. The van der Waals surface area contributed by atoms with E-state index in [2.05, 4.69) is 37.5 Å². The van der Waals surface area contributed by atoms with Crippen LogP contribution in [-0.4, -0.2) is 16.1 Å². The molecule has 0 aromatic carbocycles. The van der Waals surface area contributed by atoms with E-state index in [0.717, 1.165) is 35.6 Å². The summed E-state index contributed by atoms with van der Waals surface area (Å²) in [4.78, 5) is 4.01. The van der Waals surface area contributed by atoms with Crippen molar-refractivity contribution < 1.29 is 4.42 Å². The molecule has 0 saturated carbocycles. The largest absolute Gasteiger partial charge is 0.454 e. The lowest BCUT2D eigenvalue weighted by molar-refractivity contribution is 0.458. The van der Waals surface area contributed by atoms with Crippen LogP contribution in [0.15, 0.2) is 35.3 Å². The first kappa shape index (κ1) is 12.6.